The van der Waals surface area contributed by atoms with Crippen molar-refractivity contribution in [2.24, 2.45) is 0 Å². The number of carboxylic acids is 1. The van der Waals surface area contributed by atoms with Crippen molar-refractivity contribution in [1.29, 1.82) is 0 Å². The number of rotatable bonds is 8. The highest BCUT2D eigenvalue weighted by Crippen LogP contribution is 2.21. The Kier molecular flexibility index (Phi) is 5.57. The van der Waals surface area contributed by atoms with Crippen molar-refractivity contribution in [1.82, 2.24) is 9.97 Å². The van der Waals surface area contributed by atoms with Crippen molar-refractivity contribution < 1.29 is 19.4 Å². The van der Waals surface area contributed by atoms with E-state index in [9.17, 15) is 4.79 Å². The van der Waals surface area contributed by atoms with E-state index < -0.39 is 11.6 Å². The second-order valence-corrected chi connectivity index (χ2v) is 6.69. The zero-order valence-corrected chi connectivity index (χ0v) is 15.3. The molecule has 0 saturated heterocycles. The number of aromatic amines is 1. The van der Waals surface area contributed by atoms with Crippen LogP contribution >= 0.6 is 0 Å². The molecule has 3 rings (SSSR count). The molecule has 6 nitrogen and oxygen atoms in total. The minimum absolute atomic E-state index is 0.392. The number of aromatic nitrogens is 2. The smallest absolute Gasteiger partial charge is 0.347 e. The van der Waals surface area contributed by atoms with E-state index in [1.54, 1.807) is 18.3 Å². The average Bonchev–Trinajstić information content (AvgIpc) is 3.17. The first kappa shape index (κ1) is 18.7. The molecule has 0 fully saturated rings. The number of pyridine rings is 1. The van der Waals surface area contributed by atoms with E-state index in [2.05, 4.69) is 9.97 Å². The number of carboxylic acid groups (broad SMARTS) is 1. The molecule has 2 aromatic heterocycles. The number of nitrogens with zero attached hydrogens (tertiary/aromatic N) is 1. The third kappa shape index (κ3) is 4.95. The van der Waals surface area contributed by atoms with Gasteiger partial charge in [-0.05, 0) is 55.3 Å². The molecule has 1 aromatic carbocycles. The molecule has 0 saturated carbocycles. The Bertz CT molecular complexity index is 887. The molecule has 0 atom stereocenters. The molecular weight excluding hydrogens is 344 g/mol. The number of nitrogens with one attached hydrogen (secondary N) is 1. The minimum Gasteiger partial charge on any atom is -0.478 e. The van der Waals surface area contributed by atoms with Crippen LogP contribution < -0.4 is 4.74 Å². The molecular formula is C21H22N2O4. The molecule has 0 unspecified atom stereocenters. The van der Waals surface area contributed by atoms with E-state index in [1.165, 1.54) is 13.8 Å². The summed E-state index contributed by atoms with van der Waals surface area (Å²) in [6, 6.07) is 15.1. The van der Waals surface area contributed by atoms with Crippen molar-refractivity contribution in [2.75, 3.05) is 0 Å². The summed E-state index contributed by atoms with van der Waals surface area (Å²) in [7, 11) is 0. The molecule has 0 bridgehead atoms. The number of benzene rings is 1. The van der Waals surface area contributed by atoms with Crippen LogP contribution in [-0.4, -0.2) is 26.6 Å². The first-order valence-corrected chi connectivity index (χ1v) is 8.62. The highest BCUT2D eigenvalue weighted by atomic mass is 16.5. The number of ether oxygens (including phenoxy) is 2. The van der Waals surface area contributed by atoms with Gasteiger partial charge < -0.3 is 19.6 Å². The maximum Gasteiger partial charge on any atom is 0.347 e. The maximum atomic E-state index is 11.2. The van der Waals surface area contributed by atoms with E-state index in [-0.39, 0.29) is 0 Å². The van der Waals surface area contributed by atoms with Crippen LogP contribution in [0, 0.1) is 0 Å². The highest BCUT2D eigenvalue weighted by molar-refractivity contribution is 5.76. The van der Waals surface area contributed by atoms with Gasteiger partial charge in [0.2, 0.25) is 0 Å². The van der Waals surface area contributed by atoms with E-state index in [1.807, 2.05) is 42.6 Å². The van der Waals surface area contributed by atoms with Gasteiger partial charge in [0.15, 0.2) is 5.60 Å². The summed E-state index contributed by atoms with van der Waals surface area (Å²) in [5, 5.41) is 9.16. The molecule has 2 heterocycles. The minimum atomic E-state index is -1.29. The number of H-pyrrole nitrogens is 1. The Morgan fingerprint density at radius 2 is 1.93 bits per heavy atom. The predicted molar refractivity (Wildman–Crippen MR) is 101 cm³/mol. The monoisotopic (exact) mass is 366 g/mol. The van der Waals surface area contributed by atoms with Crippen LogP contribution in [0.1, 0.15) is 25.0 Å². The van der Waals surface area contributed by atoms with Gasteiger partial charge in [0.25, 0.3) is 0 Å². The first-order valence-electron chi connectivity index (χ1n) is 8.62. The lowest BCUT2D eigenvalue weighted by molar-refractivity contribution is -0.152. The molecule has 0 radical (unpaired) electrons. The summed E-state index contributed by atoms with van der Waals surface area (Å²) in [4.78, 5) is 18.7. The van der Waals surface area contributed by atoms with Crippen molar-refractivity contribution in [2.45, 2.75) is 32.7 Å². The van der Waals surface area contributed by atoms with Crippen molar-refractivity contribution in [3.05, 3.63) is 72.1 Å². The summed E-state index contributed by atoms with van der Waals surface area (Å²) >= 11 is 0. The van der Waals surface area contributed by atoms with Gasteiger partial charge in [-0.15, -0.1) is 0 Å². The molecule has 0 aliphatic heterocycles. The summed E-state index contributed by atoms with van der Waals surface area (Å²) in [5.74, 6) is -0.514. The molecule has 2 N–H and O–H groups in total. The van der Waals surface area contributed by atoms with Crippen LogP contribution in [0.15, 0.2) is 60.9 Å². The molecule has 0 amide bonds. The largest absolute Gasteiger partial charge is 0.478 e. The molecule has 6 heteroatoms. The Balaban J connectivity index is 1.54. The normalized spacial score (nSPS) is 11.3. The Morgan fingerprint density at radius 1 is 1.11 bits per heavy atom. The lowest BCUT2D eigenvalue weighted by Gasteiger charge is -2.21. The standard InChI is InChI=1S/C21H22N2O4/c1-21(2,20(24)25)27-17-6-3-5-15(11-17)13-26-14-16-8-9-19(23-12-16)18-7-4-10-22-18/h3-12,22H,13-14H2,1-2H3,(H,24,25). The summed E-state index contributed by atoms with van der Waals surface area (Å²) in [6.07, 6.45) is 3.66. The zero-order chi connectivity index (χ0) is 19.3. The summed E-state index contributed by atoms with van der Waals surface area (Å²) in [5.41, 5.74) is 2.46. The lowest BCUT2D eigenvalue weighted by Crippen LogP contribution is -2.37. The van der Waals surface area contributed by atoms with E-state index in [4.69, 9.17) is 14.6 Å². The second kappa shape index (κ2) is 8.05. The second-order valence-electron chi connectivity index (χ2n) is 6.69. The van der Waals surface area contributed by atoms with Gasteiger partial charge in [0.05, 0.1) is 24.6 Å². The fourth-order valence-electron chi connectivity index (χ4n) is 2.48. The molecule has 0 aliphatic rings. The van der Waals surface area contributed by atoms with E-state index in [0.29, 0.717) is 19.0 Å². The molecule has 0 spiro atoms. The fourth-order valence-corrected chi connectivity index (χ4v) is 2.48. The average molecular weight is 366 g/mol. The quantitative estimate of drug-likeness (QED) is 0.629. The van der Waals surface area contributed by atoms with Gasteiger partial charge >= 0.3 is 5.97 Å². The summed E-state index contributed by atoms with van der Waals surface area (Å²) in [6.45, 7) is 3.86. The Morgan fingerprint density at radius 3 is 2.59 bits per heavy atom. The van der Waals surface area contributed by atoms with Gasteiger partial charge in [-0.2, -0.15) is 0 Å². The lowest BCUT2D eigenvalue weighted by atomic mass is 10.1. The SMILES string of the molecule is CC(C)(Oc1cccc(COCc2ccc(-c3ccc[nH]3)nc2)c1)C(=O)O. The third-order valence-corrected chi connectivity index (χ3v) is 4.02. The highest BCUT2D eigenvalue weighted by Gasteiger charge is 2.29. The van der Waals surface area contributed by atoms with Crippen LogP contribution in [-0.2, 0) is 22.7 Å². The molecule has 0 aliphatic carbocycles. The van der Waals surface area contributed by atoms with Gasteiger partial charge in [-0.25, -0.2) is 4.79 Å². The third-order valence-electron chi connectivity index (χ3n) is 4.02. The van der Waals surface area contributed by atoms with Crippen LogP contribution in [0.2, 0.25) is 0 Å². The van der Waals surface area contributed by atoms with Crippen LogP contribution in [0.3, 0.4) is 0 Å². The van der Waals surface area contributed by atoms with E-state index >= 15 is 0 Å². The van der Waals surface area contributed by atoms with Gasteiger partial charge in [0, 0.05) is 12.4 Å². The van der Waals surface area contributed by atoms with Crippen LogP contribution in [0.25, 0.3) is 11.4 Å². The number of aliphatic carboxylic acids is 1. The number of hydrogen-bond acceptors (Lipinski definition) is 4. The molecule has 140 valence electrons. The predicted octanol–water partition coefficient (Wildman–Crippen LogP) is 4.04. The van der Waals surface area contributed by atoms with Gasteiger partial charge in [0.1, 0.15) is 5.75 Å². The van der Waals surface area contributed by atoms with Crippen molar-refractivity contribution in [3.8, 4) is 17.1 Å². The Hall–Kier alpha value is -3.12. The Labute approximate surface area is 157 Å². The molecule has 27 heavy (non-hydrogen) atoms. The van der Waals surface area contributed by atoms with Crippen molar-refractivity contribution in [3.63, 3.8) is 0 Å². The zero-order valence-electron chi connectivity index (χ0n) is 15.3. The van der Waals surface area contributed by atoms with Gasteiger partial charge in [-0.1, -0.05) is 18.2 Å². The maximum absolute atomic E-state index is 11.2. The van der Waals surface area contributed by atoms with E-state index in [0.717, 1.165) is 22.5 Å². The summed E-state index contributed by atoms with van der Waals surface area (Å²) < 4.78 is 11.3. The van der Waals surface area contributed by atoms with Gasteiger partial charge in [-0.3, -0.25) is 4.98 Å². The van der Waals surface area contributed by atoms with Crippen molar-refractivity contribution >= 4 is 5.97 Å². The number of hydrogen-bond donors (Lipinski definition) is 2. The van der Waals surface area contributed by atoms with Crippen LogP contribution in [0.4, 0.5) is 0 Å². The first-order chi connectivity index (χ1) is 12.9. The molecule has 3 aromatic rings. The fraction of sp³-hybridized carbons (Fsp3) is 0.238. The van der Waals surface area contributed by atoms with Crippen LogP contribution in [0.5, 0.6) is 5.75 Å². The number of carbonyl (C=O) groups is 1. The topological polar surface area (TPSA) is 84.4 Å².